The van der Waals surface area contributed by atoms with E-state index in [4.69, 9.17) is 10.00 Å². The fraction of sp³-hybridized carbons (Fsp3) is 0.200. The quantitative estimate of drug-likeness (QED) is 0.323. The highest BCUT2D eigenvalue weighted by Crippen LogP contribution is 2.25. The van der Waals surface area contributed by atoms with Crippen LogP contribution in [0.25, 0.3) is 0 Å². The maximum absolute atomic E-state index is 10.7. The van der Waals surface area contributed by atoms with E-state index in [1.807, 2.05) is 24.5 Å². The number of carbonyl (C=O) groups excluding carboxylic acids is 1. The number of nitrogens with zero attached hydrogens (tertiary/aromatic N) is 1. The Morgan fingerprint density at radius 1 is 1.57 bits per heavy atom. The van der Waals surface area contributed by atoms with Crippen molar-refractivity contribution in [2.45, 2.75) is 18.7 Å². The van der Waals surface area contributed by atoms with Crippen LogP contribution >= 0.6 is 11.8 Å². The number of nitriles is 1. The van der Waals surface area contributed by atoms with E-state index in [1.165, 1.54) is 6.92 Å². The van der Waals surface area contributed by atoms with E-state index in [2.05, 4.69) is 0 Å². The van der Waals surface area contributed by atoms with Gasteiger partial charge in [-0.25, -0.2) is 0 Å². The van der Waals surface area contributed by atoms with Crippen LogP contribution in [0.5, 0.6) is 5.75 Å². The summed E-state index contributed by atoms with van der Waals surface area (Å²) in [5.74, 6) is 0.157. The van der Waals surface area contributed by atoms with Gasteiger partial charge in [0.05, 0.1) is 0 Å². The summed E-state index contributed by atoms with van der Waals surface area (Å²) in [5, 5.41) is 10.4. The topological polar surface area (TPSA) is 50.1 Å². The number of esters is 1. The predicted octanol–water partition coefficient (Wildman–Crippen LogP) is 2.49. The molecule has 0 N–H and O–H groups in total. The lowest BCUT2D eigenvalue weighted by Gasteiger charge is -2.05. The molecule has 0 aliphatic carbocycles. The number of hydrogen-bond donors (Lipinski definition) is 0. The molecule has 72 valence electrons. The average Bonchev–Trinajstić information content (AvgIpc) is 2.10. The number of thiocyanates is 1. The average molecular weight is 207 g/mol. The molecule has 14 heavy (non-hydrogen) atoms. The molecule has 0 atom stereocenters. The van der Waals surface area contributed by atoms with Crippen LogP contribution in [0, 0.1) is 17.6 Å². The van der Waals surface area contributed by atoms with Crippen molar-refractivity contribution in [2.75, 3.05) is 0 Å². The number of rotatable bonds is 2. The highest BCUT2D eigenvalue weighted by Gasteiger charge is 2.04. The van der Waals surface area contributed by atoms with Crippen LogP contribution in [0.15, 0.2) is 23.1 Å². The third-order valence-electron chi connectivity index (χ3n) is 1.58. The van der Waals surface area contributed by atoms with Gasteiger partial charge in [-0.15, -0.1) is 0 Å². The number of benzene rings is 1. The molecule has 0 bridgehead atoms. The number of aryl methyl sites for hydroxylation is 1. The van der Waals surface area contributed by atoms with Crippen molar-refractivity contribution < 1.29 is 9.53 Å². The highest BCUT2D eigenvalue weighted by molar-refractivity contribution is 8.03. The molecule has 1 aromatic carbocycles. The number of hydrogen-bond acceptors (Lipinski definition) is 4. The van der Waals surface area contributed by atoms with E-state index in [0.717, 1.165) is 22.2 Å². The Hall–Kier alpha value is -1.47. The summed E-state index contributed by atoms with van der Waals surface area (Å²) < 4.78 is 4.97. The second-order valence-corrected chi connectivity index (χ2v) is 3.57. The summed E-state index contributed by atoms with van der Waals surface area (Å²) in [4.78, 5) is 11.5. The van der Waals surface area contributed by atoms with Crippen molar-refractivity contribution in [3.63, 3.8) is 0 Å². The minimum absolute atomic E-state index is 0.354. The lowest BCUT2D eigenvalue weighted by Crippen LogP contribution is -2.02. The maximum Gasteiger partial charge on any atom is 0.308 e. The summed E-state index contributed by atoms with van der Waals surface area (Å²) in [5.41, 5.74) is 0.877. The molecule has 0 unspecified atom stereocenters. The molecule has 0 amide bonds. The van der Waals surface area contributed by atoms with Gasteiger partial charge in [-0.05, 0) is 36.4 Å². The second-order valence-electron chi connectivity index (χ2n) is 2.71. The standard InChI is InChI=1S/C10H9NO2S/c1-7-3-4-9(14-6-11)5-10(7)13-8(2)12/h3-5H,1-2H3. The third kappa shape index (κ3) is 2.79. The summed E-state index contributed by atoms with van der Waals surface area (Å²) >= 11 is 1.04. The van der Waals surface area contributed by atoms with E-state index in [9.17, 15) is 4.79 Å². The van der Waals surface area contributed by atoms with Gasteiger partial charge in [0, 0.05) is 11.8 Å². The third-order valence-corrected chi connectivity index (χ3v) is 2.16. The zero-order valence-electron chi connectivity index (χ0n) is 7.90. The van der Waals surface area contributed by atoms with E-state index in [0.29, 0.717) is 5.75 Å². The number of thioether (sulfide) groups is 1. The highest BCUT2D eigenvalue weighted by atomic mass is 32.2. The first-order valence-corrected chi connectivity index (χ1v) is 4.80. The Kier molecular flexibility index (Phi) is 3.55. The van der Waals surface area contributed by atoms with Gasteiger partial charge in [-0.2, -0.15) is 5.26 Å². The Bertz CT molecular complexity index is 396. The fourth-order valence-electron chi connectivity index (χ4n) is 0.961. The minimum Gasteiger partial charge on any atom is -0.426 e. The van der Waals surface area contributed by atoms with Crippen molar-refractivity contribution in [2.24, 2.45) is 0 Å². The van der Waals surface area contributed by atoms with Crippen LogP contribution in [0.2, 0.25) is 0 Å². The molecule has 0 aliphatic heterocycles. The molecule has 0 aromatic heterocycles. The van der Waals surface area contributed by atoms with Crippen molar-refractivity contribution >= 4 is 17.7 Å². The first kappa shape index (κ1) is 10.6. The van der Waals surface area contributed by atoms with Gasteiger partial charge in [0.1, 0.15) is 11.2 Å². The van der Waals surface area contributed by atoms with Gasteiger partial charge in [0.15, 0.2) is 0 Å². The Labute approximate surface area is 86.7 Å². The van der Waals surface area contributed by atoms with Gasteiger partial charge >= 0.3 is 5.97 Å². The minimum atomic E-state index is -0.354. The first-order valence-electron chi connectivity index (χ1n) is 3.98. The van der Waals surface area contributed by atoms with E-state index in [1.54, 1.807) is 6.07 Å². The van der Waals surface area contributed by atoms with Gasteiger partial charge in [-0.1, -0.05) is 6.07 Å². The summed E-state index contributed by atoms with van der Waals surface area (Å²) in [6.07, 6.45) is 0. The molecule has 0 heterocycles. The van der Waals surface area contributed by atoms with E-state index < -0.39 is 0 Å². The molecule has 0 aliphatic rings. The predicted molar refractivity (Wildman–Crippen MR) is 54.0 cm³/mol. The zero-order valence-corrected chi connectivity index (χ0v) is 8.72. The van der Waals surface area contributed by atoms with Crippen molar-refractivity contribution in [3.8, 4) is 11.2 Å². The Morgan fingerprint density at radius 2 is 2.29 bits per heavy atom. The monoisotopic (exact) mass is 207 g/mol. The molecule has 0 saturated heterocycles. The van der Waals surface area contributed by atoms with Crippen molar-refractivity contribution in [3.05, 3.63) is 23.8 Å². The molecular weight excluding hydrogens is 198 g/mol. The smallest absolute Gasteiger partial charge is 0.308 e. The van der Waals surface area contributed by atoms with Crippen LogP contribution in [-0.2, 0) is 4.79 Å². The second kappa shape index (κ2) is 4.68. The molecule has 1 aromatic rings. The molecule has 0 saturated carbocycles. The molecular formula is C10H9NO2S. The first-order chi connectivity index (χ1) is 6.63. The van der Waals surface area contributed by atoms with Crippen LogP contribution in [0.1, 0.15) is 12.5 Å². The number of carbonyl (C=O) groups is 1. The van der Waals surface area contributed by atoms with Crippen LogP contribution in [-0.4, -0.2) is 5.97 Å². The fourth-order valence-corrected chi connectivity index (χ4v) is 1.37. The maximum atomic E-state index is 10.7. The summed E-state index contributed by atoms with van der Waals surface area (Å²) in [6.45, 7) is 3.20. The summed E-state index contributed by atoms with van der Waals surface area (Å²) in [6, 6.07) is 5.32. The van der Waals surface area contributed by atoms with Gasteiger partial charge < -0.3 is 4.74 Å². The number of ether oxygens (including phenoxy) is 1. The largest absolute Gasteiger partial charge is 0.426 e. The van der Waals surface area contributed by atoms with Crippen LogP contribution in [0.3, 0.4) is 0 Å². The molecule has 1 rings (SSSR count). The lowest BCUT2D eigenvalue weighted by molar-refractivity contribution is -0.131. The van der Waals surface area contributed by atoms with E-state index >= 15 is 0 Å². The van der Waals surface area contributed by atoms with Crippen molar-refractivity contribution in [1.82, 2.24) is 0 Å². The SMILES string of the molecule is CC(=O)Oc1cc(SC#N)ccc1C. The van der Waals surface area contributed by atoms with Crippen molar-refractivity contribution in [1.29, 1.82) is 5.26 Å². The zero-order chi connectivity index (χ0) is 10.6. The molecule has 0 fully saturated rings. The van der Waals surface area contributed by atoms with Gasteiger partial charge in [0.2, 0.25) is 0 Å². The van der Waals surface area contributed by atoms with Gasteiger partial charge in [0.25, 0.3) is 0 Å². The summed E-state index contributed by atoms with van der Waals surface area (Å²) in [7, 11) is 0. The molecule has 4 heteroatoms. The molecule has 0 radical (unpaired) electrons. The Balaban J connectivity index is 2.97. The Morgan fingerprint density at radius 3 is 2.86 bits per heavy atom. The van der Waals surface area contributed by atoms with E-state index in [-0.39, 0.29) is 5.97 Å². The molecule has 0 spiro atoms. The van der Waals surface area contributed by atoms with Crippen LogP contribution < -0.4 is 4.74 Å². The molecule has 3 nitrogen and oxygen atoms in total. The van der Waals surface area contributed by atoms with Crippen LogP contribution in [0.4, 0.5) is 0 Å². The normalized spacial score (nSPS) is 9.21. The van der Waals surface area contributed by atoms with Gasteiger partial charge in [-0.3, -0.25) is 4.79 Å². The lowest BCUT2D eigenvalue weighted by atomic mass is 10.2.